The summed E-state index contributed by atoms with van der Waals surface area (Å²) in [5.41, 5.74) is 0. The van der Waals surface area contributed by atoms with Gasteiger partial charge in [0.15, 0.2) is 0 Å². The molecule has 0 radical (unpaired) electrons. The fourth-order valence-electron chi connectivity index (χ4n) is 6.98. The fraction of sp³-hybridized carbons (Fsp3) is 0.913. The molecule has 0 spiro atoms. The van der Waals surface area contributed by atoms with E-state index in [4.69, 9.17) is 14.2 Å². The van der Waals surface area contributed by atoms with Crippen LogP contribution < -0.4 is 0 Å². The predicted molar refractivity (Wildman–Crippen MR) is 110 cm³/mol. The first-order chi connectivity index (χ1) is 14.5. The monoisotopic (exact) mass is 420 g/mol. The van der Waals surface area contributed by atoms with Crippen LogP contribution in [0.15, 0.2) is 0 Å². The molecule has 8 atom stereocenters. The summed E-state index contributed by atoms with van der Waals surface area (Å²) in [6.07, 6.45) is 8.44. The highest BCUT2D eigenvalue weighted by Gasteiger charge is 2.49. The Labute approximate surface area is 179 Å². The molecule has 7 nitrogen and oxygen atoms in total. The number of rotatable bonds is 2. The van der Waals surface area contributed by atoms with E-state index < -0.39 is 0 Å². The first kappa shape index (κ1) is 20.7. The lowest BCUT2D eigenvalue weighted by molar-refractivity contribution is -0.160. The second kappa shape index (κ2) is 8.40. The Morgan fingerprint density at radius 1 is 0.867 bits per heavy atom. The smallest absolute Gasteiger partial charge is 0.252 e. The molecule has 0 N–H and O–H groups in total. The van der Waals surface area contributed by atoms with E-state index in [-0.39, 0.29) is 48.3 Å². The van der Waals surface area contributed by atoms with Crippen molar-refractivity contribution in [1.82, 2.24) is 9.80 Å². The highest BCUT2D eigenvalue weighted by Crippen LogP contribution is 2.44. The van der Waals surface area contributed by atoms with E-state index in [1.807, 2.05) is 0 Å². The summed E-state index contributed by atoms with van der Waals surface area (Å²) in [7, 11) is 0. The molecule has 2 saturated carbocycles. The molecule has 3 saturated heterocycles. The predicted octanol–water partition coefficient (Wildman–Crippen LogP) is 2.32. The van der Waals surface area contributed by atoms with Gasteiger partial charge in [0.1, 0.15) is 12.9 Å². The van der Waals surface area contributed by atoms with E-state index in [1.165, 1.54) is 6.42 Å². The SMILES string of the molecule is CC(=O)N1C2CCC(C3CCC4OCOC4C3)CC2N(C(=O)C2CCCO2)C[C@@H]1C. The number of ether oxygens (including phenoxy) is 3. The molecule has 5 fully saturated rings. The molecule has 0 aromatic rings. The molecule has 7 heteroatoms. The molecular formula is C23H36N2O5. The van der Waals surface area contributed by atoms with Crippen LogP contribution in [0.1, 0.15) is 65.2 Å². The summed E-state index contributed by atoms with van der Waals surface area (Å²) in [6, 6.07) is 0.305. The normalized spacial score (nSPS) is 43.9. The van der Waals surface area contributed by atoms with Gasteiger partial charge in [0.2, 0.25) is 5.91 Å². The highest BCUT2D eigenvalue weighted by molar-refractivity contribution is 5.82. The molecule has 3 aliphatic heterocycles. The fourth-order valence-corrected chi connectivity index (χ4v) is 6.98. The van der Waals surface area contributed by atoms with E-state index in [9.17, 15) is 9.59 Å². The van der Waals surface area contributed by atoms with Gasteiger partial charge in [-0.3, -0.25) is 9.59 Å². The zero-order chi connectivity index (χ0) is 20.8. The van der Waals surface area contributed by atoms with Gasteiger partial charge in [0.05, 0.1) is 24.3 Å². The first-order valence-corrected chi connectivity index (χ1v) is 12.0. The zero-order valence-corrected chi connectivity index (χ0v) is 18.3. The number of carbonyl (C=O) groups excluding carboxylic acids is 2. The lowest BCUT2D eigenvalue weighted by Crippen LogP contribution is -2.68. The van der Waals surface area contributed by atoms with Crippen molar-refractivity contribution < 1.29 is 23.8 Å². The number of hydrogen-bond donors (Lipinski definition) is 0. The maximum atomic E-state index is 13.4. The molecule has 5 aliphatic rings. The van der Waals surface area contributed by atoms with E-state index >= 15 is 0 Å². The number of nitrogens with zero attached hydrogens (tertiary/aromatic N) is 2. The second-order valence-corrected chi connectivity index (χ2v) is 10.1. The van der Waals surface area contributed by atoms with Gasteiger partial charge in [-0.1, -0.05) is 0 Å². The van der Waals surface area contributed by atoms with Gasteiger partial charge in [-0.15, -0.1) is 0 Å². The highest BCUT2D eigenvalue weighted by atomic mass is 16.7. The quantitative estimate of drug-likeness (QED) is 0.686. The summed E-state index contributed by atoms with van der Waals surface area (Å²) in [5, 5.41) is 0. The van der Waals surface area contributed by atoms with Crippen molar-refractivity contribution in [2.24, 2.45) is 11.8 Å². The van der Waals surface area contributed by atoms with Gasteiger partial charge in [-0.25, -0.2) is 0 Å². The van der Waals surface area contributed by atoms with Crippen LogP contribution in [0, 0.1) is 11.8 Å². The number of hydrogen-bond acceptors (Lipinski definition) is 5. The van der Waals surface area contributed by atoms with Gasteiger partial charge in [0, 0.05) is 26.1 Å². The summed E-state index contributed by atoms with van der Waals surface area (Å²) >= 11 is 0. The molecule has 30 heavy (non-hydrogen) atoms. The lowest BCUT2D eigenvalue weighted by Gasteiger charge is -2.55. The molecule has 168 valence electrons. The molecular weight excluding hydrogens is 384 g/mol. The minimum Gasteiger partial charge on any atom is -0.368 e. The largest absolute Gasteiger partial charge is 0.368 e. The van der Waals surface area contributed by atoms with Gasteiger partial charge in [-0.2, -0.15) is 0 Å². The second-order valence-electron chi connectivity index (χ2n) is 10.1. The molecule has 5 rings (SSSR count). The third-order valence-electron chi connectivity index (χ3n) is 8.37. The maximum absolute atomic E-state index is 13.4. The number of piperazine rings is 1. The summed E-state index contributed by atoms with van der Waals surface area (Å²) in [6.45, 7) is 5.50. The summed E-state index contributed by atoms with van der Waals surface area (Å²) in [5.74, 6) is 1.49. The molecule has 3 heterocycles. The standard InChI is InChI=1S/C23H36N2O5/c1-14-12-24(23(27)21-4-3-9-28-21)19-10-16(5-7-18(19)25(14)15(2)26)17-6-8-20-22(11-17)30-13-29-20/h14,16-22H,3-13H2,1-2H3/t14-,16?,17?,18?,19?,20?,21?,22?/m0/s1. The van der Waals surface area contributed by atoms with Gasteiger partial charge in [-0.05, 0) is 70.1 Å². The van der Waals surface area contributed by atoms with E-state index in [1.54, 1.807) is 6.92 Å². The van der Waals surface area contributed by atoms with Crippen LogP contribution in [0.2, 0.25) is 0 Å². The molecule has 0 aromatic heterocycles. The Bertz CT molecular complexity index is 666. The summed E-state index contributed by atoms with van der Waals surface area (Å²) in [4.78, 5) is 30.0. The van der Waals surface area contributed by atoms with E-state index in [0.717, 1.165) is 44.9 Å². The Morgan fingerprint density at radius 3 is 2.40 bits per heavy atom. The van der Waals surface area contributed by atoms with Crippen LogP contribution in [0.5, 0.6) is 0 Å². The van der Waals surface area contributed by atoms with Crippen LogP contribution in [0.3, 0.4) is 0 Å². The van der Waals surface area contributed by atoms with Crippen LogP contribution in [-0.4, -0.2) is 78.0 Å². The van der Waals surface area contributed by atoms with Crippen molar-refractivity contribution in [1.29, 1.82) is 0 Å². The average molecular weight is 421 g/mol. The number of carbonyl (C=O) groups is 2. The van der Waals surface area contributed by atoms with Crippen LogP contribution in [-0.2, 0) is 23.8 Å². The van der Waals surface area contributed by atoms with Crippen LogP contribution in [0.25, 0.3) is 0 Å². The first-order valence-electron chi connectivity index (χ1n) is 12.0. The van der Waals surface area contributed by atoms with Crippen molar-refractivity contribution in [3.63, 3.8) is 0 Å². The van der Waals surface area contributed by atoms with Crippen molar-refractivity contribution in [3.05, 3.63) is 0 Å². The third kappa shape index (κ3) is 3.67. The molecule has 0 aromatic carbocycles. The Kier molecular flexibility index (Phi) is 5.80. The molecule has 7 unspecified atom stereocenters. The van der Waals surface area contributed by atoms with Gasteiger partial charge >= 0.3 is 0 Å². The molecule has 2 aliphatic carbocycles. The minimum absolute atomic E-state index is 0.0603. The van der Waals surface area contributed by atoms with Crippen molar-refractivity contribution in [2.75, 3.05) is 19.9 Å². The van der Waals surface area contributed by atoms with Crippen LogP contribution in [0.4, 0.5) is 0 Å². The maximum Gasteiger partial charge on any atom is 0.252 e. The van der Waals surface area contributed by atoms with E-state index in [2.05, 4.69) is 16.7 Å². The topological polar surface area (TPSA) is 68.3 Å². The number of amides is 2. The van der Waals surface area contributed by atoms with Gasteiger partial charge in [0.25, 0.3) is 5.91 Å². The average Bonchev–Trinajstić information content (AvgIpc) is 3.43. The minimum atomic E-state index is -0.290. The van der Waals surface area contributed by atoms with Crippen molar-refractivity contribution in [3.8, 4) is 0 Å². The molecule has 2 amide bonds. The Morgan fingerprint density at radius 2 is 1.63 bits per heavy atom. The Balaban J connectivity index is 1.34. The Hall–Kier alpha value is -1.18. The lowest BCUT2D eigenvalue weighted by atomic mass is 9.68. The summed E-state index contributed by atoms with van der Waals surface area (Å²) < 4.78 is 17.3. The van der Waals surface area contributed by atoms with Crippen molar-refractivity contribution in [2.45, 2.75) is 102 Å². The van der Waals surface area contributed by atoms with Gasteiger partial charge < -0.3 is 24.0 Å². The van der Waals surface area contributed by atoms with Crippen LogP contribution >= 0.6 is 0 Å². The number of fused-ring (bicyclic) bond motifs is 2. The molecule has 0 bridgehead atoms. The third-order valence-corrected chi connectivity index (χ3v) is 8.37. The van der Waals surface area contributed by atoms with Crippen molar-refractivity contribution >= 4 is 11.8 Å². The zero-order valence-electron chi connectivity index (χ0n) is 18.3. The van der Waals surface area contributed by atoms with E-state index in [0.29, 0.717) is 31.8 Å².